The number of likely N-dealkylation sites (N-methyl/N-ethyl adjacent to an activating group) is 1. The molecule has 6 nitrogen and oxygen atoms in total. The minimum atomic E-state index is 0.190. The van der Waals surface area contributed by atoms with E-state index >= 15 is 0 Å². The predicted molar refractivity (Wildman–Crippen MR) is 78.4 cm³/mol. The molecule has 6 heteroatoms. The minimum absolute atomic E-state index is 0.190. The number of aromatic nitrogens is 2. The molecule has 1 aliphatic rings. The van der Waals surface area contributed by atoms with Crippen molar-refractivity contribution in [1.82, 2.24) is 24.9 Å². The number of hydrogen-bond acceptors (Lipinski definition) is 4. The van der Waals surface area contributed by atoms with Crippen LogP contribution in [0.15, 0.2) is 18.5 Å². The summed E-state index contributed by atoms with van der Waals surface area (Å²) < 4.78 is 1.94. The van der Waals surface area contributed by atoms with Gasteiger partial charge in [-0.05, 0) is 18.9 Å². The number of nitrogens with zero attached hydrogens (tertiary/aromatic N) is 4. The van der Waals surface area contributed by atoms with Crippen molar-refractivity contribution in [2.24, 2.45) is 0 Å². The average molecular weight is 279 g/mol. The van der Waals surface area contributed by atoms with Gasteiger partial charge in [-0.1, -0.05) is 0 Å². The van der Waals surface area contributed by atoms with Gasteiger partial charge in [0.2, 0.25) is 5.91 Å². The summed E-state index contributed by atoms with van der Waals surface area (Å²) in [5.74, 6) is 0.190. The normalized spacial score (nSPS) is 17.3. The monoisotopic (exact) mass is 279 g/mol. The number of likely N-dealkylation sites (tertiary alicyclic amines) is 1. The largest absolute Gasteiger partial charge is 0.348 e. The molecule has 1 aromatic heterocycles. The molecule has 2 heterocycles. The Kier molecular flexibility index (Phi) is 5.55. The van der Waals surface area contributed by atoms with Gasteiger partial charge in [0.25, 0.3) is 0 Å². The molecule has 2 rings (SSSR count). The second-order valence-corrected chi connectivity index (χ2v) is 5.56. The van der Waals surface area contributed by atoms with Gasteiger partial charge in [-0.3, -0.25) is 14.4 Å². The average Bonchev–Trinajstić information content (AvgIpc) is 2.94. The summed E-state index contributed by atoms with van der Waals surface area (Å²) in [5.41, 5.74) is 0. The molecule has 0 aromatic carbocycles. The van der Waals surface area contributed by atoms with Crippen LogP contribution in [0.4, 0.5) is 0 Å². The van der Waals surface area contributed by atoms with Crippen LogP contribution < -0.4 is 5.32 Å². The maximum absolute atomic E-state index is 11.7. The van der Waals surface area contributed by atoms with Gasteiger partial charge in [0, 0.05) is 52.2 Å². The van der Waals surface area contributed by atoms with Crippen LogP contribution in [0.25, 0.3) is 0 Å². The standard InChI is InChI=1S/C14H25N5O/c1-17(2)14(20)12-18-9-4-13(5-10-18)15-7-11-19-8-3-6-16-19/h3,6,8,13,15H,4-5,7,9-12H2,1-2H3. The lowest BCUT2D eigenvalue weighted by Gasteiger charge is -2.32. The minimum Gasteiger partial charge on any atom is -0.348 e. The Hall–Kier alpha value is -1.40. The molecule has 0 spiro atoms. The van der Waals surface area contributed by atoms with Crippen LogP contribution in [0.1, 0.15) is 12.8 Å². The van der Waals surface area contributed by atoms with Gasteiger partial charge in [0.15, 0.2) is 0 Å². The summed E-state index contributed by atoms with van der Waals surface area (Å²) in [6, 6.07) is 2.51. The molecular weight excluding hydrogens is 254 g/mol. The highest BCUT2D eigenvalue weighted by molar-refractivity contribution is 5.77. The molecule has 20 heavy (non-hydrogen) atoms. The van der Waals surface area contributed by atoms with Crippen molar-refractivity contribution in [3.8, 4) is 0 Å². The van der Waals surface area contributed by atoms with E-state index in [1.165, 1.54) is 0 Å². The Morgan fingerprint density at radius 1 is 1.40 bits per heavy atom. The molecule has 112 valence electrons. The van der Waals surface area contributed by atoms with Crippen molar-refractivity contribution in [1.29, 1.82) is 0 Å². The van der Waals surface area contributed by atoms with Crippen LogP contribution in [0, 0.1) is 0 Å². The van der Waals surface area contributed by atoms with Crippen molar-refractivity contribution in [3.63, 3.8) is 0 Å². The summed E-state index contributed by atoms with van der Waals surface area (Å²) in [4.78, 5) is 15.6. The van der Waals surface area contributed by atoms with Gasteiger partial charge in [-0.15, -0.1) is 0 Å². The Morgan fingerprint density at radius 3 is 2.75 bits per heavy atom. The molecule has 1 fully saturated rings. The molecule has 1 saturated heterocycles. The molecule has 0 atom stereocenters. The van der Waals surface area contributed by atoms with E-state index in [4.69, 9.17) is 0 Å². The Labute approximate surface area is 120 Å². The predicted octanol–water partition coefficient (Wildman–Crippen LogP) is 0.0253. The lowest BCUT2D eigenvalue weighted by Crippen LogP contribution is -2.46. The summed E-state index contributed by atoms with van der Waals surface area (Å²) >= 11 is 0. The van der Waals surface area contributed by atoms with E-state index in [0.717, 1.165) is 39.0 Å². The Bertz CT molecular complexity index is 396. The van der Waals surface area contributed by atoms with Gasteiger partial charge < -0.3 is 10.2 Å². The van der Waals surface area contributed by atoms with Crippen molar-refractivity contribution in [2.45, 2.75) is 25.4 Å². The summed E-state index contributed by atoms with van der Waals surface area (Å²) in [7, 11) is 3.62. The summed E-state index contributed by atoms with van der Waals surface area (Å²) in [6.07, 6.45) is 6.01. The fraction of sp³-hybridized carbons (Fsp3) is 0.714. The first kappa shape index (κ1) is 15.0. The molecule has 1 N–H and O–H groups in total. The smallest absolute Gasteiger partial charge is 0.236 e. The number of carbonyl (C=O) groups is 1. The SMILES string of the molecule is CN(C)C(=O)CN1CCC(NCCn2cccn2)CC1. The molecule has 1 amide bonds. The van der Waals surface area contributed by atoms with Crippen LogP contribution in [0.3, 0.4) is 0 Å². The number of piperidine rings is 1. The van der Waals surface area contributed by atoms with Crippen molar-refractivity contribution in [2.75, 3.05) is 40.3 Å². The third-order valence-corrected chi connectivity index (χ3v) is 3.78. The van der Waals surface area contributed by atoms with E-state index in [1.54, 1.807) is 11.1 Å². The van der Waals surface area contributed by atoms with Gasteiger partial charge in [-0.2, -0.15) is 5.10 Å². The first-order valence-corrected chi connectivity index (χ1v) is 7.28. The van der Waals surface area contributed by atoms with Crippen LogP contribution >= 0.6 is 0 Å². The third kappa shape index (κ3) is 4.61. The fourth-order valence-electron chi connectivity index (χ4n) is 2.44. The second kappa shape index (κ2) is 7.40. The highest BCUT2D eigenvalue weighted by Crippen LogP contribution is 2.10. The first-order chi connectivity index (χ1) is 9.65. The van der Waals surface area contributed by atoms with Crippen molar-refractivity contribution < 1.29 is 4.79 Å². The highest BCUT2D eigenvalue weighted by atomic mass is 16.2. The van der Waals surface area contributed by atoms with Gasteiger partial charge in [0.1, 0.15) is 0 Å². The summed E-state index contributed by atoms with van der Waals surface area (Å²) in [5, 5.41) is 7.76. The van der Waals surface area contributed by atoms with E-state index in [2.05, 4.69) is 15.3 Å². The van der Waals surface area contributed by atoms with Crippen LogP contribution in [-0.2, 0) is 11.3 Å². The lowest BCUT2D eigenvalue weighted by molar-refractivity contribution is -0.130. The quantitative estimate of drug-likeness (QED) is 0.798. The zero-order valence-electron chi connectivity index (χ0n) is 12.5. The van der Waals surface area contributed by atoms with Crippen molar-refractivity contribution in [3.05, 3.63) is 18.5 Å². The number of nitrogens with one attached hydrogen (secondary N) is 1. The fourth-order valence-corrected chi connectivity index (χ4v) is 2.44. The first-order valence-electron chi connectivity index (χ1n) is 7.28. The number of carbonyl (C=O) groups excluding carboxylic acids is 1. The second-order valence-electron chi connectivity index (χ2n) is 5.56. The van der Waals surface area contributed by atoms with Gasteiger partial charge in [0.05, 0.1) is 13.1 Å². The van der Waals surface area contributed by atoms with E-state index < -0.39 is 0 Å². The van der Waals surface area contributed by atoms with Crippen molar-refractivity contribution >= 4 is 5.91 Å². The molecule has 1 aromatic rings. The molecule has 0 radical (unpaired) electrons. The van der Waals surface area contributed by atoms with Crippen LogP contribution in [0.5, 0.6) is 0 Å². The van der Waals surface area contributed by atoms with Gasteiger partial charge in [-0.25, -0.2) is 0 Å². The maximum Gasteiger partial charge on any atom is 0.236 e. The van der Waals surface area contributed by atoms with E-state index in [1.807, 2.05) is 31.0 Å². The van der Waals surface area contributed by atoms with Crippen LogP contribution in [0.2, 0.25) is 0 Å². The Balaban J connectivity index is 1.60. The molecule has 0 unspecified atom stereocenters. The van der Waals surface area contributed by atoms with Crippen LogP contribution in [-0.4, -0.2) is 71.8 Å². The van der Waals surface area contributed by atoms with E-state index in [9.17, 15) is 4.79 Å². The molecular formula is C14H25N5O. The topological polar surface area (TPSA) is 53.4 Å². The zero-order valence-corrected chi connectivity index (χ0v) is 12.5. The van der Waals surface area contributed by atoms with E-state index in [-0.39, 0.29) is 5.91 Å². The zero-order chi connectivity index (χ0) is 14.4. The number of amides is 1. The molecule has 1 aliphatic heterocycles. The van der Waals surface area contributed by atoms with Gasteiger partial charge >= 0.3 is 0 Å². The molecule has 0 aliphatic carbocycles. The summed E-state index contributed by atoms with van der Waals surface area (Å²) in [6.45, 7) is 4.40. The van der Waals surface area contributed by atoms with E-state index in [0.29, 0.717) is 12.6 Å². The highest BCUT2D eigenvalue weighted by Gasteiger charge is 2.20. The molecule has 0 saturated carbocycles. The number of hydrogen-bond donors (Lipinski definition) is 1. The lowest BCUT2D eigenvalue weighted by atomic mass is 10.1. The number of rotatable bonds is 6. The maximum atomic E-state index is 11.7. The molecule has 0 bridgehead atoms. The third-order valence-electron chi connectivity index (χ3n) is 3.78. The Morgan fingerprint density at radius 2 is 2.15 bits per heavy atom.